The second kappa shape index (κ2) is 5.27. The number of carbonyl (C=O) groups is 2. The Hall–Kier alpha value is -2.88. The third-order valence-corrected chi connectivity index (χ3v) is 1.74. The Labute approximate surface area is 96.3 Å². The van der Waals surface area contributed by atoms with Crippen LogP contribution in [-0.4, -0.2) is 17.9 Å². The van der Waals surface area contributed by atoms with Gasteiger partial charge in [0.05, 0.1) is 11.1 Å². The predicted octanol–water partition coefficient (Wildman–Crippen LogP) is -0.0523. The van der Waals surface area contributed by atoms with Crippen molar-refractivity contribution in [3.63, 3.8) is 0 Å². The van der Waals surface area contributed by atoms with E-state index in [-0.39, 0.29) is 5.96 Å². The smallest absolute Gasteiger partial charge is 0.346 e. The quantitative estimate of drug-likeness (QED) is 0.143. The lowest BCUT2D eigenvalue weighted by Gasteiger charge is -1.86. The second-order valence-corrected chi connectivity index (χ2v) is 2.87. The molecule has 0 atom stereocenters. The molecular formula is C10H8N4O3. The van der Waals surface area contributed by atoms with E-state index in [9.17, 15) is 9.59 Å². The second-order valence-electron chi connectivity index (χ2n) is 2.87. The van der Waals surface area contributed by atoms with Gasteiger partial charge in [-0.3, -0.25) is 10.7 Å². The van der Waals surface area contributed by atoms with Crippen LogP contribution in [0.25, 0.3) is 0 Å². The van der Waals surface area contributed by atoms with E-state index in [0.29, 0.717) is 11.1 Å². The number of cyclic esters (lactones) is 2. The normalized spacial score (nSPS) is 11.5. The van der Waals surface area contributed by atoms with E-state index < -0.39 is 11.9 Å². The van der Waals surface area contributed by atoms with Crippen LogP contribution in [0.4, 0.5) is 0 Å². The Balaban J connectivity index is 0.000000209. The first-order chi connectivity index (χ1) is 8.06. The highest BCUT2D eigenvalue weighted by molar-refractivity contribution is 6.14. The Morgan fingerprint density at radius 2 is 1.76 bits per heavy atom. The largest absolute Gasteiger partial charge is 0.386 e. The lowest BCUT2D eigenvalue weighted by molar-refractivity contribution is 0.0444. The standard InChI is InChI=1S/C8H4O3.C2H4N4/c9-7-5-3-1-2-4-6(5)8(10)11-7;3-1-6-2(4)5/h1-4H;(H4,4,5,6). The first kappa shape index (κ1) is 12.2. The number of rotatable bonds is 0. The summed E-state index contributed by atoms with van der Waals surface area (Å²) >= 11 is 0. The van der Waals surface area contributed by atoms with Crippen molar-refractivity contribution in [1.29, 1.82) is 10.7 Å². The lowest BCUT2D eigenvalue weighted by atomic mass is 10.1. The first-order valence-corrected chi connectivity index (χ1v) is 4.41. The van der Waals surface area contributed by atoms with Crippen LogP contribution in [0, 0.1) is 16.9 Å². The fourth-order valence-corrected chi connectivity index (χ4v) is 1.09. The summed E-state index contributed by atoms with van der Waals surface area (Å²) in [7, 11) is 0. The van der Waals surface area contributed by atoms with E-state index in [2.05, 4.69) is 10.5 Å². The summed E-state index contributed by atoms with van der Waals surface area (Å²) < 4.78 is 4.35. The van der Waals surface area contributed by atoms with Crippen molar-refractivity contribution in [2.45, 2.75) is 0 Å². The van der Waals surface area contributed by atoms with Gasteiger partial charge in [-0.05, 0) is 12.1 Å². The van der Waals surface area contributed by atoms with Crippen molar-refractivity contribution in [2.75, 3.05) is 0 Å². The average Bonchev–Trinajstić information content (AvgIpc) is 2.56. The monoisotopic (exact) mass is 232 g/mol. The number of esters is 2. The molecule has 0 fully saturated rings. The molecule has 1 aliphatic heterocycles. The molecule has 4 N–H and O–H groups in total. The van der Waals surface area contributed by atoms with Crippen molar-refractivity contribution in [3.8, 4) is 6.19 Å². The van der Waals surface area contributed by atoms with E-state index in [1.54, 1.807) is 24.3 Å². The van der Waals surface area contributed by atoms with E-state index in [1.807, 2.05) is 5.32 Å². The molecule has 0 amide bonds. The minimum Gasteiger partial charge on any atom is -0.386 e. The number of hydrogen-bond donors (Lipinski definition) is 3. The van der Waals surface area contributed by atoms with E-state index in [0.717, 1.165) is 0 Å². The molecule has 0 aliphatic carbocycles. The minimum atomic E-state index is -0.550. The fourth-order valence-electron chi connectivity index (χ4n) is 1.09. The number of nitriles is 1. The zero-order valence-electron chi connectivity index (χ0n) is 8.56. The van der Waals surface area contributed by atoms with Crippen LogP contribution in [-0.2, 0) is 4.74 Å². The SMILES string of the molecule is N#CNC(=N)N.O=C1OC(=O)c2ccccc21. The summed E-state index contributed by atoms with van der Waals surface area (Å²) in [5.41, 5.74) is 5.37. The molecular weight excluding hydrogens is 224 g/mol. The molecule has 0 bridgehead atoms. The van der Waals surface area contributed by atoms with Crippen molar-refractivity contribution >= 4 is 17.9 Å². The molecule has 2 rings (SSSR count). The van der Waals surface area contributed by atoms with Gasteiger partial charge in [0, 0.05) is 0 Å². The van der Waals surface area contributed by atoms with Gasteiger partial charge in [-0.2, -0.15) is 5.26 Å². The maximum atomic E-state index is 10.8. The molecule has 1 aromatic rings. The molecule has 0 spiro atoms. The van der Waals surface area contributed by atoms with Gasteiger partial charge in [0.15, 0.2) is 12.2 Å². The molecule has 0 aromatic heterocycles. The molecule has 17 heavy (non-hydrogen) atoms. The summed E-state index contributed by atoms with van der Waals surface area (Å²) in [5.74, 6) is -1.42. The Kier molecular flexibility index (Phi) is 3.78. The first-order valence-electron chi connectivity index (χ1n) is 4.41. The van der Waals surface area contributed by atoms with E-state index in [1.165, 1.54) is 6.19 Å². The van der Waals surface area contributed by atoms with Crippen LogP contribution < -0.4 is 11.1 Å². The van der Waals surface area contributed by atoms with Gasteiger partial charge >= 0.3 is 11.9 Å². The maximum Gasteiger partial charge on any atom is 0.346 e. The van der Waals surface area contributed by atoms with E-state index in [4.69, 9.17) is 10.7 Å². The highest BCUT2D eigenvalue weighted by atomic mass is 16.6. The number of benzene rings is 1. The molecule has 0 radical (unpaired) electrons. The van der Waals surface area contributed by atoms with Gasteiger partial charge in [0.25, 0.3) is 0 Å². The topological polar surface area (TPSA) is 129 Å². The third kappa shape index (κ3) is 3.04. The number of guanidine groups is 1. The number of nitrogens with two attached hydrogens (primary N) is 1. The maximum absolute atomic E-state index is 10.8. The van der Waals surface area contributed by atoms with Crippen LogP contribution >= 0.6 is 0 Å². The summed E-state index contributed by atoms with van der Waals surface area (Å²) in [6.07, 6.45) is 1.47. The Bertz CT molecular complexity index is 486. The van der Waals surface area contributed by atoms with Gasteiger partial charge in [-0.25, -0.2) is 9.59 Å². The number of fused-ring (bicyclic) bond motifs is 1. The van der Waals surface area contributed by atoms with Crippen LogP contribution in [0.1, 0.15) is 20.7 Å². The number of hydrogen-bond acceptors (Lipinski definition) is 5. The molecule has 86 valence electrons. The number of nitrogens with zero attached hydrogens (tertiary/aromatic N) is 1. The van der Waals surface area contributed by atoms with Crippen molar-refractivity contribution in [3.05, 3.63) is 35.4 Å². The number of nitrogens with one attached hydrogen (secondary N) is 2. The fraction of sp³-hybridized carbons (Fsp3) is 0. The number of carbonyl (C=O) groups excluding carboxylic acids is 2. The zero-order valence-corrected chi connectivity index (χ0v) is 8.56. The summed E-state index contributed by atoms with van der Waals surface area (Å²) in [6, 6.07) is 6.53. The molecule has 7 heteroatoms. The summed E-state index contributed by atoms with van der Waals surface area (Å²) in [6.45, 7) is 0. The van der Waals surface area contributed by atoms with Crippen LogP contribution in [0.3, 0.4) is 0 Å². The lowest BCUT2D eigenvalue weighted by Crippen LogP contribution is -2.25. The van der Waals surface area contributed by atoms with Crippen LogP contribution in [0.15, 0.2) is 24.3 Å². The molecule has 0 saturated carbocycles. The van der Waals surface area contributed by atoms with Gasteiger partial charge in [-0.1, -0.05) is 12.1 Å². The van der Waals surface area contributed by atoms with Crippen molar-refractivity contribution < 1.29 is 14.3 Å². The van der Waals surface area contributed by atoms with Crippen LogP contribution in [0.5, 0.6) is 0 Å². The highest BCUT2D eigenvalue weighted by Gasteiger charge is 2.28. The molecule has 0 unspecified atom stereocenters. The van der Waals surface area contributed by atoms with Crippen molar-refractivity contribution in [1.82, 2.24) is 5.32 Å². The van der Waals surface area contributed by atoms with Gasteiger partial charge in [-0.15, -0.1) is 0 Å². The molecule has 0 saturated heterocycles. The highest BCUT2D eigenvalue weighted by Crippen LogP contribution is 2.18. The molecule has 1 aromatic carbocycles. The van der Waals surface area contributed by atoms with Gasteiger partial charge in [0.2, 0.25) is 0 Å². The van der Waals surface area contributed by atoms with Crippen molar-refractivity contribution in [2.24, 2.45) is 5.73 Å². The van der Waals surface area contributed by atoms with Crippen LogP contribution in [0.2, 0.25) is 0 Å². The van der Waals surface area contributed by atoms with Gasteiger partial charge < -0.3 is 10.5 Å². The molecule has 1 aliphatic rings. The minimum absolute atomic E-state index is 0.322. The zero-order chi connectivity index (χ0) is 12.8. The molecule has 1 heterocycles. The summed E-state index contributed by atoms with van der Waals surface area (Å²) in [5, 5.41) is 15.9. The molecule has 7 nitrogen and oxygen atoms in total. The number of ether oxygens (including phenoxy) is 1. The average molecular weight is 232 g/mol. The Morgan fingerprint density at radius 3 is 2.06 bits per heavy atom. The third-order valence-electron chi connectivity index (χ3n) is 1.74. The summed E-state index contributed by atoms with van der Waals surface area (Å²) in [4.78, 5) is 21.7. The predicted molar refractivity (Wildman–Crippen MR) is 56.9 cm³/mol. The van der Waals surface area contributed by atoms with Gasteiger partial charge in [0.1, 0.15) is 0 Å². The van der Waals surface area contributed by atoms with E-state index >= 15 is 0 Å². The Morgan fingerprint density at radius 1 is 1.29 bits per heavy atom.